The standard InChI is InChI=1S/C4H7N3O2/c1-4(3(8)9)5-2-6-7-4/h2,7H,1H3,(H,5,6)(H,8,9). The van der Waals surface area contributed by atoms with Crippen molar-refractivity contribution in [3.05, 3.63) is 0 Å². The van der Waals surface area contributed by atoms with Crippen molar-refractivity contribution >= 4 is 12.3 Å². The predicted molar refractivity (Wildman–Crippen MR) is 30.8 cm³/mol. The van der Waals surface area contributed by atoms with Crippen molar-refractivity contribution in [3.8, 4) is 0 Å². The molecule has 0 fully saturated rings. The normalized spacial score (nSPS) is 32.1. The highest BCUT2D eigenvalue weighted by molar-refractivity contribution is 5.81. The molecule has 5 heteroatoms. The molecule has 1 atom stereocenters. The molecule has 0 spiro atoms. The highest BCUT2D eigenvalue weighted by atomic mass is 16.4. The fourth-order valence-electron chi connectivity index (χ4n) is 0.475. The molecule has 0 amide bonds. The van der Waals surface area contributed by atoms with Gasteiger partial charge in [-0.15, -0.1) is 0 Å². The minimum atomic E-state index is -1.18. The summed E-state index contributed by atoms with van der Waals surface area (Å²) in [5.41, 5.74) is 3.75. The minimum absolute atomic E-state index is 0.997. The average Bonchev–Trinajstić information content (AvgIpc) is 2.16. The van der Waals surface area contributed by atoms with Crippen molar-refractivity contribution in [1.82, 2.24) is 10.9 Å². The van der Waals surface area contributed by atoms with Crippen LogP contribution >= 0.6 is 0 Å². The fraction of sp³-hybridized carbons (Fsp3) is 0.500. The first-order valence-electron chi connectivity index (χ1n) is 2.45. The van der Waals surface area contributed by atoms with Crippen LogP contribution in [0.5, 0.6) is 0 Å². The summed E-state index contributed by atoms with van der Waals surface area (Å²) in [4.78, 5) is 13.9. The average molecular weight is 129 g/mol. The number of hydrogen-bond acceptors (Lipinski definition) is 4. The lowest BCUT2D eigenvalue weighted by atomic mass is 10.2. The first kappa shape index (κ1) is 6.03. The number of nitrogens with zero attached hydrogens (tertiary/aromatic N) is 1. The third-order valence-corrected chi connectivity index (χ3v) is 1.12. The van der Waals surface area contributed by atoms with E-state index in [-0.39, 0.29) is 0 Å². The first-order valence-corrected chi connectivity index (χ1v) is 2.45. The summed E-state index contributed by atoms with van der Waals surface area (Å²) in [6.07, 6.45) is 1.31. The van der Waals surface area contributed by atoms with E-state index in [4.69, 9.17) is 5.11 Å². The lowest BCUT2D eigenvalue weighted by Gasteiger charge is -2.13. The molecule has 0 bridgehead atoms. The van der Waals surface area contributed by atoms with Crippen LogP contribution in [0.3, 0.4) is 0 Å². The summed E-state index contributed by atoms with van der Waals surface area (Å²) in [7, 11) is 0. The fourth-order valence-corrected chi connectivity index (χ4v) is 0.475. The number of aliphatic carboxylic acids is 1. The quantitative estimate of drug-likeness (QED) is 0.421. The summed E-state index contributed by atoms with van der Waals surface area (Å²) in [5.74, 6) is -0.997. The van der Waals surface area contributed by atoms with Crippen LogP contribution in [0, 0.1) is 0 Å². The Bertz CT molecular complexity index is 167. The summed E-state index contributed by atoms with van der Waals surface area (Å²) in [5, 5.41) is 8.46. The van der Waals surface area contributed by atoms with Gasteiger partial charge in [0.15, 0.2) is 0 Å². The Balaban J connectivity index is 2.74. The number of hydrogen-bond donors (Lipinski definition) is 3. The van der Waals surface area contributed by atoms with Crippen LogP contribution in [-0.4, -0.2) is 23.1 Å². The molecule has 0 saturated carbocycles. The molecule has 0 saturated heterocycles. The minimum Gasteiger partial charge on any atom is -0.478 e. The van der Waals surface area contributed by atoms with E-state index in [0.717, 1.165) is 0 Å². The van der Waals surface area contributed by atoms with Gasteiger partial charge in [0.05, 0.1) is 6.34 Å². The van der Waals surface area contributed by atoms with Crippen molar-refractivity contribution < 1.29 is 9.90 Å². The van der Waals surface area contributed by atoms with E-state index < -0.39 is 11.6 Å². The number of aliphatic imine (C=N–C) groups is 1. The van der Waals surface area contributed by atoms with Gasteiger partial charge in [-0.25, -0.2) is 9.79 Å². The predicted octanol–water partition coefficient (Wildman–Crippen LogP) is -1.08. The Morgan fingerprint density at radius 2 is 2.56 bits per heavy atom. The second kappa shape index (κ2) is 1.70. The number of carboxylic acid groups (broad SMARTS) is 1. The highest BCUT2D eigenvalue weighted by Gasteiger charge is 2.33. The maximum Gasteiger partial charge on any atom is 0.348 e. The van der Waals surface area contributed by atoms with Crippen LogP contribution in [0.4, 0.5) is 0 Å². The van der Waals surface area contributed by atoms with Crippen molar-refractivity contribution in [2.24, 2.45) is 4.99 Å². The summed E-state index contributed by atoms with van der Waals surface area (Å²) >= 11 is 0. The molecular weight excluding hydrogens is 122 g/mol. The molecule has 0 aromatic heterocycles. The van der Waals surface area contributed by atoms with Gasteiger partial charge in [-0.2, -0.15) is 5.43 Å². The highest BCUT2D eigenvalue weighted by Crippen LogP contribution is 2.05. The van der Waals surface area contributed by atoms with E-state index in [0.29, 0.717) is 0 Å². The van der Waals surface area contributed by atoms with Gasteiger partial charge in [0.25, 0.3) is 0 Å². The third-order valence-electron chi connectivity index (χ3n) is 1.12. The summed E-state index contributed by atoms with van der Waals surface area (Å²) in [6.45, 7) is 1.46. The van der Waals surface area contributed by atoms with Gasteiger partial charge in [0.1, 0.15) is 0 Å². The monoisotopic (exact) mass is 129 g/mol. The van der Waals surface area contributed by atoms with Crippen molar-refractivity contribution in [3.63, 3.8) is 0 Å². The maximum atomic E-state index is 10.3. The van der Waals surface area contributed by atoms with E-state index in [2.05, 4.69) is 15.8 Å². The second-order valence-electron chi connectivity index (χ2n) is 1.90. The zero-order valence-electron chi connectivity index (χ0n) is 4.88. The number of hydrazine groups is 1. The van der Waals surface area contributed by atoms with Gasteiger partial charge in [-0.05, 0) is 6.92 Å². The van der Waals surface area contributed by atoms with E-state index >= 15 is 0 Å². The Labute approximate surface area is 51.7 Å². The van der Waals surface area contributed by atoms with Gasteiger partial charge in [0.2, 0.25) is 5.66 Å². The van der Waals surface area contributed by atoms with Crippen molar-refractivity contribution in [2.75, 3.05) is 0 Å². The Kier molecular flexibility index (Phi) is 1.14. The largest absolute Gasteiger partial charge is 0.478 e. The first-order chi connectivity index (χ1) is 4.15. The van der Waals surface area contributed by atoms with Gasteiger partial charge in [-0.3, -0.25) is 0 Å². The van der Waals surface area contributed by atoms with Gasteiger partial charge in [-0.1, -0.05) is 0 Å². The zero-order chi connectivity index (χ0) is 6.91. The Morgan fingerprint density at radius 3 is 2.78 bits per heavy atom. The Morgan fingerprint density at radius 1 is 1.89 bits per heavy atom. The topological polar surface area (TPSA) is 73.7 Å². The van der Waals surface area contributed by atoms with Gasteiger partial charge < -0.3 is 10.5 Å². The number of nitrogens with one attached hydrogen (secondary N) is 2. The Hall–Kier alpha value is -1.10. The molecule has 1 rings (SSSR count). The van der Waals surface area contributed by atoms with Gasteiger partial charge in [0, 0.05) is 0 Å². The SMILES string of the molecule is CC1(C(=O)O)N=CNN1. The molecule has 50 valence electrons. The van der Waals surface area contributed by atoms with Crippen LogP contribution in [0.2, 0.25) is 0 Å². The molecule has 9 heavy (non-hydrogen) atoms. The van der Waals surface area contributed by atoms with Crippen LogP contribution in [-0.2, 0) is 4.79 Å². The van der Waals surface area contributed by atoms with Crippen molar-refractivity contribution in [2.45, 2.75) is 12.6 Å². The van der Waals surface area contributed by atoms with Crippen LogP contribution in [0.1, 0.15) is 6.92 Å². The molecule has 0 aromatic rings. The molecule has 1 unspecified atom stereocenters. The zero-order valence-corrected chi connectivity index (χ0v) is 4.88. The second-order valence-corrected chi connectivity index (χ2v) is 1.90. The number of carbonyl (C=O) groups is 1. The molecule has 1 heterocycles. The molecule has 1 aliphatic heterocycles. The summed E-state index contributed by atoms with van der Waals surface area (Å²) < 4.78 is 0. The van der Waals surface area contributed by atoms with Crippen LogP contribution in [0.25, 0.3) is 0 Å². The van der Waals surface area contributed by atoms with Crippen LogP contribution in [0.15, 0.2) is 4.99 Å². The maximum absolute atomic E-state index is 10.3. The molecule has 0 aromatic carbocycles. The van der Waals surface area contributed by atoms with E-state index in [1.54, 1.807) is 0 Å². The lowest BCUT2D eigenvalue weighted by molar-refractivity contribution is -0.143. The third kappa shape index (κ3) is 0.857. The molecule has 0 radical (unpaired) electrons. The number of carboxylic acids is 1. The molecule has 1 aliphatic rings. The molecule has 3 N–H and O–H groups in total. The van der Waals surface area contributed by atoms with Gasteiger partial charge >= 0.3 is 5.97 Å². The van der Waals surface area contributed by atoms with E-state index in [1.807, 2.05) is 0 Å². The molecule has 5 nitrogen and oxygen atoms in total. The van der Waals surface area contributed by atoms with Crippen LogP contribution < -0.4 is 10.9 Å². The molecule has 0 aliphatic carbocycles. The summed E-state index contributed by atoms with van der Waals surface area (Å²) in [6, 6.07) is 0. The molecular formula is C4H7N3O2. The smallest absolute Gasteiger partial charge is 0.348 e. The van der Waals surface area contributed by atoms with Crippen molar-refractivity contribution in [1.29, 1.82) is 0 Å². The number of rotatable bonds is 1. The van der Waals surface area contributed by atoms with E-state index in [9.17, 15) is 4.79 Å². The van der Waals surface area contributed by atoms with E-state index in [1.165, 1.54) is 13.3 Å². The lowest BCUT2D eigenvalue weighted by Crippen LogP contribution is -2.48.